The van der Waals surface area contributed by atoms with Crippen LogP contribution < -0.4 is 5.32 Å². The Bertz CT molecular complexity index is 403. The summed E-state index contributed by atoms with van der Waals surface area (Å²) in [6.07, 6.45) is 5.26. The summed E-state index contributed by atoms with van der Waals surface area (Å²) < 4.78 is 5.59. The SMILES string of the molecule is CCc1nc(C2CCCOC2)nc(CC)c1CCNC. The Morgan fingerprint density at radius 2 is 1.90 bits per heavy atom. The van der Waals surface area contributed by atoms with E-state index in [0.717, 1.165) is 57.7 Å². The average molecular weight is 277 g/mol. The third kappa shape index (κ3) is 3.55. The highest BCUT2D eigenvalue weighted by molar-refractivity contribution is 5.28. The molecule has 1 atom stereocenters. The molecule has 1 aliphatic rings. The minimum absolute atomic E-state index is 0.387. The number of aryl methyl sites for hydroxylation is 2. The molecule has 4 heteroatoms. The molecule has 1 N–H and O–H groups in total. The quantitative estimate of drug-likeness (QED) is 0.866. The fraction of sp³-hybridized carbons (Fsp3) is 0.750. The number of hydrogen-bond donors (Lipinski definition) is 1. The Labute approximate surface area is 122 Å². The average Bonchev–Trinajstić information content (AvgIpc) is 2.52. The molecule has 0 spiro atoms. The van der Waals surface area contributed by atoms with Crippen molar-refractivity contribution >= 4 is 0 Å². The fourth-order valence-electron chi connectivity index (χ4n) is 2.85. The molecule has 1 saturated heterocycles. The zero-order valence-electron chi connectivity index (χ0n) is 13.0. The van der Waals surface area contributed by atoms with Crippen molar-refractivity contribution in [2.75, 3.05) is 26.8 Å². The van der Waals surface area contributed by atoms with Gasteiger partial charge in [0.15, 0.2) is 0 Å². The molecule has 1 aromatic rings. The van der Waals surface area contributed by atoms with Crippen molar-refractivity contribution in [1.82, 2.24) is 15.3 Å². The number of rotatable bonds is 6. The highest BCUT2D eigenvalue weighted by atomic mass is 16.5. The van der Waals surface area contributed by atoms with Crippen LogP contribution in [0.3, 0.4) is 0 Å². The van der Waals surface area contributed by atoms with Crippen LogP contribution in [-0.2, 0) is 24.0 Å². The summed E-state index contributed by atoms with van der Waals surface area (Å²) in [4.78, 5) is 9.71. The van der Waals surface area contributed by atoms with Gasteiger partial charge in [0.2, 0.25) is 0 Å². The summed E-state index contributed by atoms with van der Waals surface area (Å²) in [7, 11) is 1.99. The molecule has 0 aromatic carbocycles. The van der Waals surface area contributed by atoms with E-state index in [-0.39, 0.29) is 0 Å². The van der Waals surface area contributed by atoms with Gasteiger partial charge >= 0.3 is 0 Å². The molecule has 2 rings (SSSR count). The van der Waals surface area contributed by atoms with Gasteiger partial charge in [0.25, 0.3) is 0 Å². The molecule has 1 fully saturated rings. The lowest BCUT2D eigenvalue weighted by Crippen LogP contribution is -2.21. The van der Waals surface area contributed by atoms with Gasteiger partial charge in [-0.25, -0.2) is 9.97 Å². The minimum Gasteiger partial charge on any atom is -0.381 e. The second kappa shape index (κ2) is 7.70. The number of likely N-dealkylation sites (N-methyl/N-ethyl adjacent to an activating group) is 1. The largest absolute Gasteiger partial charge is 0.381 e. The highest BCUT2D eigenvalue weighted by Gasteiger charge is 2.21. The molecule has 0 bridgehead atoms. The lowest BCUT2D eigenvalue weighted by atomic mass is 9.99. The molecule has 0 amide bonds. The van der Waals surface area contributed by atoms with Gasteiger partial charge in [-0.2, -0.15) is 0 Å². The Morgan fingerprint density at radius 1 is 1.20 bits per heavy atom. The normalized spacial score (nSPS) is 19.2. The maximum Gasteiger partial charge on any atom is 0.134 e. The van der Waals surface area contributed by atoms with Crippen molar-refractivity contribution in [3.8, 4) is 0 Å². The van der Waals surface area contributed by atoms with Gasteiger partial charge in [-0.15, -0.1) is 0 Å². The van der Waals surface area contributed by atoms with Crippen LogP contribution in [0.1, 0.15) is 55.4 Å². The zero-order valence-corrected chi connectivity index (χ0v) is 13.0. The predicted octanol–water partition coefficient (Wildman–Crippen LogP) is 2.26. The lowest BCUT2D eigenvalue weighted by Gasteiger charge is -2.23. The van der Waals surface area contributed by atoms with E-state index in [2.05, 4.69) is 19.2 Å². The highest BCUT2D eigenvalue weighted by Crippen LogP contribution is 2.25. The molecule has 2 heterocycles. The van der Waals surface area contributed by atoms with Gasteiger partial charge in [0, 0.05) is 23.9 Å². The van der Waals surface area contributed by atoms with E-state index < -0.39 is 0 Å². The van der Waals surface area contributed by atoms with Crippen molar-refractivity contribution in [3.05, 3.63) is 22.8 Å². The van der Waals surface area contributed by atoms with Crippen LogP contribution in [0.15, 0.2) is 0 Å². The van der Waals surface area contributed by atoms with Crippen LogP contribution in [0.25, 0.3) is 0 Å². The number of hydrogen-bond acceptors (Lipinski definition) is 4. The molecule has 20 heavy (non-hydrogen) atoms. The van der Waals surface area contributed by atoms with Gasteiger partial charge in [-0.3, -0.25) is 0 Å². The summed E-state index contributed by atoms with van der Waals surface area (Å²) in [5, 5.41) is 3.22. The maximum absolute atomic E-state index is 5.59. The van der Waals surface area contributed by atoms with Crippen molar-refractivity contribution in [2.24, 2.45) is 0 Å². The summed E-state index contributed by atoms with van der Waals surface area (Å²) in [6, 6.07) is 0. The predicted molar refractivity (Wildman–Crippen MR) is 81.2 cm³/mol. The van der Waals surface area contributed by atoms with E-state index in [4.69, 9.17) is 14.7 Å². The number of nitrogens with one attached hydrogen (secondary N) is 1. The molecule has 1 aromatic heterocycles. The van der Waals surface area contributed by atoms with Gasteiger partial charge in [-0.1, -0.05) is 13.8 Å². The summed E-state index contributed by atoms with van der Waals surface area (Å²) >= 11 is 0. The van der Waals surface area contributed by atoms with E-state index in [1.54, 1.807) is 0 Å². The molecule has 112 valence electrons. The third-order valence-corrected chi connectivity index (χ3v) is 4.02. The molecule has 1 aliphatic heterocycles. The van der Waals surface area contributed by atoms with E-state index in [1.807, 2.05) is 7.05 Å². The Morgan fingerprint density at radius 3 is 2.40 bits per heavy atom. The number of ether oxygens (including phenoxy) is 1. The van der Waals surface area contributed by atoms with Crippen LogP contribution in [0.5, 0.6) is 0 Å². The molecule has 0 aliphatic carbocycles. The van der Waals surface area contributed by atoms with Gasteiger partial charge in [0.1, 0.15) is 5.82 Å². The smallest absolute Gasteiger partial charge is 0.134 e. The lowest BCUT2D eigenvalue weighted by molar-refractivity contribution is 0.0779. The molecular weight excluding hydrogens is 250 g/mol. The monoisotopic (exact) mass is 277 g/mol. The third-order valence-electron chi connectivity index (χ3n) is 4.02. The number of aromatic nitrogens is 2. The van der Waals surface area contributed by atoms with Crippen molar-refractivity contribution in [1.29, 1.82) is 0 Å². The fourth-order valence-corrected chi connectivity index (χ4v) is 2.85. The van der Waals surface area contributed by atoms with Crippen LogP contribution in [0, 0.1) is 0 Å². The summed E-state index contributed by atoms with van der Waals surface area (Å²) in [5.74, 6) is 1.39. The van der Waals surface area contributed by atoms with E-state index in [1.165, 1.54) is 17.0 Å². The first-order chi connectivity index (χ1) is 9.80. The molecular formula is C16H27N3O. The van der Waals surface area contributed by atoms with Crippen molar-refractivity contribution in [2.45, 2.75) is 51.9 Å². The standard InChI is InChI=1S/C16H27N3O/c1-4-14-13(8-9-17-3)15(5-2)19-16(18-14)12-7-6-10-20-11-12/h12,17H,4-11H2,1-3H3. The van der Waals surface area contributed by atoms with Crippen LogP contribution in [0.4, 0.5) is 0 Å². The van der Waals surface area contributed by atoms with Crippen LogP contribution in [-0.4, -0.2) is 36.8 Å². The van der Waals surface area contributed by atoms with Gasteiger partial charge < -0.3 is 10.1 Å². The first-order valence-corrected chi connectivity index (χ1v) is 7.91. The van der Waals surface area contributed by atoms with Crippen molar-refractivity contribution < 1.29 is 4.74 Å². The van der Waals surface area contributed by atoms with E-state index in [9.17, 15) is 0 Å². The van der Waals surface area contributed by atoms with Gasteiger partial charge in [0.05, 0.1) is 6.61 Å². The van der Waals surface area contributed by atoms with E-state index >= 15 is 0 Å². The zero-order chi connectivity index (χ0) is 14.4. The van der Waals surface area contributed by atoms with E-state index in [0.29, 0.717) is 5.92 Å². The van der Waals surface area contributed by atoms with Crippen molar-refractivity contribution in [3.63, 3.8) is 0 Å². The minimum atomic E-state index is 0.387. The summed E-state index contributed by atoms with van der Waals surface area (Å²) in [6.45, 7) is 7.02. The Balaban J connectivity index is 2.30. The maximum atomic E-state index is 5.59. The first-order valence-electron chi connectivity index (χ1n) is 7.91. The summed E-state index contributed by atoms with van der Waals surface area (Å²) in [5.41, 5.74) is 3.81. The Hall–Kier alpha value is -1.00. The molecule has 4 nitrogen and oxygen atoms in total. The second-order valence-corrected chi connectivity index (χ2v) is 5.43. The van der Waals surface area contributed by atoms with Gasteiger partial charge in [-0.05, 0) is 51.3 Å². The number of nitrogens with zero attached hydrogens (tertiary/aromatic N) is 2. The first kappa shape index (κ1) is 15.4. The molecule has 0 radical (unpaired) electrons. The molecule has 0 saturated carbocycles. The topological polar surface area (TPSA) is 47.0 Å². The Kier molecular flexibility index (Phi) is 5.92. The van der Waals surface area contributed by atoms with Crippen LogP contribution in [0.2, 0.25) is 0 Å². The van der Waals surface area contributed by atoms with Crippen LogP contribution >= 0.6 is 0 Å². The second-order valence-electron chi connectivity index (χ2n) is 5.43. The molecule has 1 unspecified atom stereocenters.